The van der Waals surface area contributed by atoms with Crippen LogP contribution in [0.3, 0.4) is 0 Å². The number of fused-ring (bicyclic) bond motifs is 1. The predicted molar refractivity (Wildman–Crippen MR) is 58.2 cm³/mol. The summed E-state index contributed by atoms with van der Waals surface area (Å²) in [6, 6.07) is 8.84. The highest BCUT2D eigenvalue weighted by atomic mass is 32.2. The van der Waals surface area contributed by atoms with E-state index in [1.165, 1.54) is 10.6 Å². The molecule has 0 saturated heterocycles. The van der Waals surface area contributed by atoms with E-state index in [-0.39, 0.29) is 0 Å². The van der Waals surface area contributed by atoms with Gasteiger partial charge in [0.05, 0.1) is 0 Å². The van der Waals surface area contributed by atoms with Gasteiger partial charge in [-0.05, 0) is 19.1 Å². The molecule has 3 heteroatoms. The third kappa shape index (κ3) is 1.67. The summed E-state index contributed by atoms with van der Waals surface area (Å²) in [5, 5.41) is 3.96. The lowest BCUT2D eigenvalue weighted by atomic mass is 10.2. The second-order valence-electron chi connectivity index (χ2n) is 3.32. The van der Waals surface area contributed by atoms with Crippen molar-refractivity contribution in [2.45, 2.75) is 23.1 Å². The number of thioether (sulfide) groups is 1. The average molecular weight is 194 g/mol. The number of benzene rings is 1. The van der Waals surface area contributed by atoms with E-state index in [1.54, 1.807) is 0 Å². The van der Waals surface area contributed by atoms with Gasteiger partial charge in [0.25, 0.3) is 0 Å². The first kappa shape index (κ1) is 8.91. The molecule has 3 N–H and O–H groups in total. The van der Waals surface area contributed by atoms with Crippen molar-refractivity contribution in [3.05, 3.63) is 24.3 Å². The monoisotopic (exact) mass is 194 g/mol. The number of hydrogen-bond acceptors (Lipinski definition) is 3. The van der Waals surface area contributed by atoms with Crippen molar-refractivity contribution in [2.24, 2.45) is 5.73 Å². The molecular formula is C10H14N2S. The van der Waals surface area contributed by atoms with Gasteiger partial charge in [-0.25, -0.2) is 0 Å². The summed E-state index contributed by atoms with van der Waals surface area (Å²) >= 11 is 1.88. The van der Waals surface area contributed by atoms with Crippen LogP contribution in [-0.2, 0) is 0 Å². The minimum Gasteiger partial charge on any atom is -0.381 e. The van der Waals surface area contributed by atoms with Crippen LogP contribution < -0.4 is 11.1 Å². The second kappa shape index (κ2) is 3.60. The van der Waals surface area contributed by atoms with Gasteiger partial charge in [0.1, 0.15) is 0 Å². The number of para-hydroxylation sites is 1. The Bertz CT molecular complexity index is 301. The molecular weight excluding hydrogens is 180 g/mol. The normalized spacial score (nSPS) is 26.3. The van der Waals surface area contributed by atoms with E-state index in [2.05, 4.69) is 36.5 Å². The molecule has 0 aromatic heterocycles. The van der Waals surface area contributed by atoms with E-state index in [9.17, 15) is 0 Å². The van der Waals surface area contributed by atoms with Crippen LogP contribution in [-0.4, -0.2) is 17.8 Å². The SMILES string of the molecule is CC1Nc2ccccc2SC1CN. The smallest absolute Gasteiger partial charge is 0.0480 e. The first-order chi connectivity index (χ1) is 6.31. The lowest BCUT2D eigenvalue weighted by molar-refractivity contribution is 0.723. The summed E-state index contributed by atoms with van der Waals surface area (Å²) in [6.45, 7) is 2.91. The average Bonchev–Trinajstić information content (AvgIpc) is 2.17. The highest BCUT2D eigenvalue weighted by Gasteiger charge is 2.23. The molecule has 2 nitrogen and oxygen atoms in total. The van der Waals surface area contributed by atoms with Crippen molar-refractivity contribution in [3.8, 4) is 0 Å². The van der Waals surface area contributed by atoms with E-state index in [0.717, 1.165) is 6.54 Å². The zero-order valence-electron chi connectivity index (χ0n) is 7.66. The number of nitrogens with one attached hydrogen (secondary N) is 1. The van der Waals surface area contributed by atoms with Gasteiger partial charge >= 0.3 is 0 Å². The van der Waals surface area contributed by atoms with E-state index >= 15 is 0 Å². The highest BCUT2D eigenvalue weighted by molar-refractivity contribution is 8.00. The highest BCUT2D eigenvalue weighted by Crippen LogP contribution is 2.36. The van der Waals surface area contributed by atoms with Gasteiger partial charge in [-0.2, -0.15) is 0 Å². The summed E-state index contributed by atoms with van der Waals surface area (Å²) in [5.41, 5.74) is 6.93. The number of anilines is 1. The minimum atomic E-state index is 0.463. The van der Waals surface area contributed by atoms with Gasteiger partial charge in [-0.3, -0.25) is 0 Å². The molecule has 0 amide bonds. The lowest BCUT2D eigenvalue weighted by Gasteiger charge is -2.30. The molecule has 1 heterocycles. The molecule has 0 saturated carbocycles. The molecule has 1 aromatic rings. The van der Waals surface area contributed by atoms with Crippen molar-refractivity contribution in [1.29, 1.82) is 0 Å². The molecule has 0 aliphatic carbocycles. The van der Waals surface area contributed by atoms with Gasteiger partial charge in [0, 0.05) is 28.4 Å². The van der Waals surface area contributed by atoms with E-state index in [0.29, 0.717) is 11.3 Å². The molecule has 1 aliphatic rings. The fourth-order valence-electron chi connectivity index (χ4n) is 1.54. The fraction of sp³-hybridized carbons (Fsp3) is 0.400. The van der Waals surface area contributed by atoms with Crippen LogP contribution in [0.15, 0.2) is 29.2 Å². The first-order valence-corrected chi connectivity index (χ1v) is 5.41. The zero-order valence-corrected chi connectivity index (χ0v) is 8.47. The van der Waals surface area contributed by atoms with Crippen molar-refractivity contribution in [3.63, 3.8) is 0 Å². The van der Waals surface area contributed by atoms with Gasteiger partial charge in [-0.15, -0.1) is 11.8 Å². The molecule has 0 radical (unpaired) electrons. The Morgan fingerprint density at radius 2 is 2.23 bits per heavy atom. The second-order valence-corrected chi connectivity index (χ2v) is 4.60. The van der Waals surface area contributed by atoms with Gasteiger partial charge < -0.3 is 11.1 Å². The maximum atomic E-state index is 5.69. The predicted octanol–water partition coefficient (Wildman–Crippen LogP) is 1.92. The number of nitrogens with two attached hydrogens (primary N) is 1. The van der Waals surface area contributed by atoms with Crippen LogP contribution in [0.1, 0.15) is 6.92 Å². The van der Waals surface area contributed by atoms with E-state index in [1.807, 2.05) is 11.8 Å². The molecule has 0 spiro atoms. The largest absolute Gasteiger partial charge is 0.381 e. The topological polar surface area (TPSA) is 38.0 Å². The maximum Gasteiger partial charge on any atom is 0.0480 e. The zero-order chi connectivity index (χ0) is 9.26. The van der Waals surface area contributed by atoms with E-state index < -0.39 is 0 Å². The molecule has 1 aliphatic heterocycles. The van der Waals surface area contributed by atoms with Crippen LogP contribution in [0.2, 0.25) is 0 Å². The third-order valence-electron chi connectivity index (χ3n) is 2.34. The van der Waals surface area contributed by atoms with Crippen molar-refractivity contribution in [2.75, 3.05) is 11.9 Å². The van der Waals surface area contributed by atoms with Crippen LogP contribution in [0.4, 0.5) is 5.69 Å². The lowest BCUT2D eigenvalue weighted by Crippen LogP contribution is -2.36. The summed E-state index contributed by atoms with van der Waals surface area (Å²) in [5.74, 6) is 0. The van der Waals surface area contributed by atoms with Crippen LogP contribution in [0.25, 0.3) is 0 Å². The Hall–Kier alpha value is -0.670. The van der Waals surface area contributed by atoms with Gasteiger partial charge in [-0.1, -0.05) is 12.1 Å². The van der Waals surface area contributed by atoms with Crippen LogP contribution >= 0.6 is 11.8 Å². The van der Waals surface area contributed by atoms with E-state index in [4.69, 9.17) is 5.73 Å². The van der Waals surface area contributed by atoms with Gasteiger partial charge in [0.2, 0.25) is 0 Å². The minimum absolute atomic E-state index is 0.463. The van der Waals surface area contributed by atoms with Crippen molar-refractivity contribution >= 4 is 17.4 Å². The number of rotatable bonds is 1. The van der Waals surface area contributed by atoms with Crippen molar-refractivity contribution in [1.82, 2.24) is 0 Å². The Morgan fingerprint density at radius 3 is 3.00 bits per heavy atom. The molecule has 0 fully saturated rings. The summed E-state index contributed by atoms with van der Waals surface area (Å²) in [6.07, 6.45) is 0. The molecule has 2 atom stereocenters. The standard InChI is InChI=1S/C10H14N2S/c1-7-10(6-11)13-9-5-3-2-4-8(9)12-7/h2-5,7,10,12H,6,11H2,1H3. The van der Waals surface area contributed by atoms with Gasteiger partial charge in [0.15, 0.2) is 0 Å². The van der Waals surface area contributed by atoms with Crippen molar-refractivity contribution < 1.29 is 0 Å². The molecule has 2 unspecified atom stereocenters. The van der Waals surface area contributed by atoms with Crippen LogP contribution in [0, 0.1) is 0 Å². The molecule has 2 rings (SSSR count). The summed E-state index contributed by atoms with van der Waals surface area (Å²) in [7, 11) is 0. The first-order valence-electron chi connectivity index (χ1n) is 4.53. The quantitative estimate of drug-likeness (QED) is 0.717. The molecule has 70 valence electrons. The molecule has 13 heavy (non-hydrogen) atoms. The molecule has 1 aromatic carbocycles. The summed E-state index contributed by atoms with van der Waals surface area (Å²) in [4.78, 5) is 1.32. The van der Waals surface area contributed by atoms with Crippen LogP contribution in [0.5, 0.6) is 0 Å². The Balaban J connectivity index is 2.27. The Labute approximate surface area is 82.9 Å². The fourth-order valence-corrected chi connectivity index (χ4v) is 2.65. The third-order valence-corrected chi connectivity index (χ3v) is 3.85. The summed E-state index contributed by atoms with van der Waals surface area (Å²) < 4.78 is 0. The maximum absolute atomic E-state index is 5.69. The molecule has 0 bridgehead atoms. The Kier molecular flexibility index (Phi) is 2.47. The Morgan fingerprint density at radius 1 is 1.46 bits per heavy atom. The number of hydrogen-bond donors (Lipinski definition) is 2.